The van der Waals surface area contributed by atoms with E-state index in [2.05, 4.69) is 71.6 Å². The number of rotatable bonds is 1. The molecule has 4 nitrogen and oxygen atoms in total. The fraction of sp³-hybridized carbons (Fsp3) is 0.529. The lowest BCUT2D eigenvalue weighted by atomic mass is 9.87. The second-order valence-corrected chi connectivity index (χ2v) is 7.06. The number of fused-ring (bicyclic) bond motifs is 1. The Morgan fingerprint density at radius 3 is 2.38 bits per heavy atom. The zero-order chi connectivity index (χ0) is 15.2. The van der Waals surface area contributed by atoms with Gasteiger partial charge in [0.15, 0.2) is 5.82 Å². The zero-order valence-corrected chi connectivity index (χ0v) is 13.6. The summed E-state index contributed by atoms with van der Waals surface area (Å²) < 4.78 is 2.25. The highest BCUT2D eigenvalue weighted by Gasteiger charge is 2.25. The summed E-state index contributed by atoms with van der Waals surface area (Å²) >= 11 is 0. The summed E-state index contributed by atoms with van der Waals surface area (Å²) in [5, 5.41) is 8.52. The summed E-state index contributed by atoms with van der Waals surface area (Å²) in [6, 6.07) is 9.35. The highest BCUT2D eigenvalue weighted by molar-refractivity contribution is 5.49. The van der Waals surface area contributed by atoms with Crippen molar-refractivity contribution in [2.24, 2.45) is 0 Å². The van der Waals surface area contributed by atoms with Crippen LogP contribution >= 0.6 is 0 Å². The molecule has 0 saturated heterocycles. The van der Waals surface area contributed by atoms with Gasteiger partial charge in [0, 0.05) is 12.2 Å². The van der Waals surface area contributed by atoms with E-state index in [4.69, 9.17) is 0 Å². The van der Waals surface area contributed by atoms with Crippen LogP contribution in [0.2, 0.25) is 0 Å². The molecule has 0 N–H and O–H groups in total. The van der Waals surface area contributed by atoms with E-state index in [-0.39, 0.29) is 5.41 Å². The van der Waals surface area contributed by atoms with Gasteiger partial charge in [0.2, 0.25) is 0 Å². The van der Waals surface area contributed by atoms with Crippen LogP contribution in [0.15, 0.2) is 24.3 Å². The molecule has 1 aliphatic rings. The average molecular weight is 284 g/mol. The van der Waals surface area contributed by atoms with Crippen LogP contribution in [0, 0.1) is 6.92 Å². The molecule has 2 aromatic rings. The molecule has 2 heterocycles. The predicted molar refractivity (Wildman–Crippen MR) is 85.7 cm³/mol. The van der Waals surface area contributed by atoms with E-state index in [1.807, 2.05) is 6.92 Å². The Balaban J connectivity index is 1.86. The normalized spacial score (nSPS) is 18.7. The second-order valence-electron chi connectivity index (χ2n) is 7.06. The van der Waals surface area contributed by atoms with Gasteiger partial charge in [0.1, 0.15) is 5.82 Å². The maximum Gasteiger partial charge on any atom is 0.152 e. The molecule has 1 atom stereocenters. The van der Waals surface area contributed by atoms with Crippen molar-refractivity contribution in [3.05, 3.63) is 41.5 Å². The van der Waals surface area contributed by atoms with E-state index in [1.54, 1.807) is 0 Å². The third kappa shape index (κ3) is 2.55. The molecule has 1 aliphatic heterocycles. The fourth-order valence-electron chi connectivity index (χ4n) is 3.10. The van der Waals surface area contributed by atoms with Gasteiger partial charge < -0.3 is 9.47 Å². The number of nitrogens with zero attached hydrogens (tertiary/aromatic N) is 4. The largest absolute Gasteiger partial charge is 0.362 e. The quantitative estimate of drug-likeness (QED) is 0.804. The maximum atomic E-state index is 4.31. The van der Waals surface area contributed by atoms with Gasteiger partial charge in [-0.25, -0.2) is 0 Å². The molecule has 0 amide bonds. The summed E-state index contributed by atoms with van der Waals surface area (Å²) in [7, 11) is 0. The standard InChI is InChI=1S/C17H24N4/c1-12-10-20(11-16-19-18-13(2)21(12)16)15-8-6-14(7-9-15)17(3,4)5/h6-9,12H,10-11H2,1-5H3. The van der Waals surface area contributed by atoms with Gasteiger partial charge in [-0.2, -0.15) is 0 Å². The minimum Gasteiger partial charge on any atom is -0.362 e. The molecule has 3 rings (SSSR count). The lowest BCUT2D eigenvalue weighted by molar-refractivity contribution is 0.455. The molecule has 0 fully saturated rings. The lowest BCUT2D eigenvalue weighted by Crippen LogP contribution is -2.36. The number of anilines is 1. The van der Waals surface area contributed by atoms with Crippen molar-refractivity contribution >= 4 is 5.69 Å². The van der Waals surface area contributed by atoms with Gasteiger partial charge in [-0.3, -0.25) is 0 Å². The Hall–Kier alpha value is -1.84. The molecule has 0 radical (unpaired) electrons. The van der Waals surface area contributed by atoms with Crippen LogP contribution in [-0.4, -0.2) is 21.3 Å². The van der Waals surface area contributed by atoms with Gasteiger partial charge in [-0.05, 0) is 37.0 Å². The first-order valence-electron chi connectivity index (χ1n) is 7.62. The van der Waals surface area contributed by atoms with E-state index < -0.39 is 0 Å². The Bertz CT molecular complexity index is 634. The molecule has 0 saturated carbocycles. The van der Waals surface area contributed by atoms with Gasteiger partial charge in [-0.1, -0.05) is 32.9 Å². The number of hydrogen-bond acceptors (Lipinski definition) is 3. The van der Waals surface area contributed by atoms with Gasteiger partial charge in [-0.15, -0.1) is 10.2 Å². The van der Waals surface area contributed by atoms with E-state index in [0.29, 0.717) is 6.04 Å². The van der Waals surface area contributed by atoms with Gasteiger partial charge >= 0.3 is 0 Å². The van der Waals surface area contributed by atoms with E-state index in [9.17, 15) is 0 Å². The van der Waals surface area contributed by atoms with Crippen LogP contribution in [0.3, 0.4) is 0 Å². The first-order chi connectivity index (χ1) is 9.86. The van der Waals surface area contributed by atoms with Crippen LogP contribution in [0.4, 0.5) is 5.69 Å². The smallest absolute Gasteiger partial charge is 0.152 e. The van der Waals surface area contributed by atoms with Crippen molar-refractivity contribution < 1.29 is 0 Å². The molecule has 0 spiro atoms. The first kappa shape index (κ1) is 14.1. The first-order valence-corrected chi connectivity index (χ1v) is 7.62. The number of aryl methyl sites for hydroxylation is 1. The molecule has 1 unspecified atom stereocenters. The van der Waals surface area contributed by atoms with Crippen molar-refractivity contribution in [3.8, 4) is 0 Å². The van der Waals surface area contributed by atoms with Crippen molar-refractivity contribution in [1.29, 1.82) is 0 Å². The molecule has 112 valence electrons. The molecule has 0 bridgehead atoms. The van der Waals surface area contributed by atoms with Crippen LogP contribution in [-0.2, 0) is 12.0 Å². The van der Waals surface area contributed by atoms with Crippen molar-refractivity contribution in [3.63, 3.8) is 0 Å². The zero-order valence-electron chi connectivity index (χ0n) is 13.6. The van der Waals surface area contributed by atoms with E-state index >= 15 is 0 Å². The number of aromatic nitrogens is 3. The topological polar surface area (TPSA) is 34.0 Å². The highest BCUT2D eigenvalue weighted by Crippen LogP contribution is 2.29. The Morgan fingerprint density at radius 1 is 1.10 bits per heavy atom. The number of hydrogen-bond donors (Lipinski definition) is 0. The SMILES string of the molecule is Cc1nnc2n1C(C)CN(c1ccc(C(C)(C)C)cc1)C2. The lowest BCUT2D eigenvalue weighted by Gasteiger charge is -2.34. The van der Waals surface area contributed by atoms with Crippen LogP contribution in [0.5, 0.6) is 0 Å². The number of benzene rings is 1. The van der Waals surface area contributed by atoms with Gasteiger partial charge in [0.05, 0.1) is 12.6 Å². The highest BCUT2D eigenvalue weighted by atomic mass is 15.3. The third-order valence-electron chi connectivity index (χ3n) is 4.29. The van der Waals surface area contributed by atoms with Crippen LogP contribution < -0.4 is 4.90 Å². The molecule has 1 aromatic heterocycles. The minimum absolute atomic E-state index is 0.199. The Kier molecular flexibility index (Phi) is 3.27. The third-order valence-corrected chi connectivity index (χ3v) is 4.29. The molecular formula is C17H24N4. The summed E-state index contributed by atoms with van der Waals surface area (Å²) in [5.74, 6) is 2.08. The molecule has 0 aliphatic carbocycles. The average Bonchev–Trinajstić information content (AvgIpc) is 2.80. The predicted octanol–water partition coefficient (Wildman–Crippen LogP) is 3.47. The summed E-state index contributed by atoms with van der Waals surface area (Å²) in [5.41, 5.74) is 2.84. The van der Waals surface area contributed by atoms with Crippen LogP contribution in [0.1, 0.15) is 50.9 Å². The second kappa shape index (κ2) is 4.86. The Labute approximate surface area is 126 Å². The van der Waals surface area contributed by atoms with Crippen LogP contribution in [0.25, 0.3) is 0 Å². The summed E-state index contributed by atoms with van der Waals surface area (Å²) in [4.78, 5) is 2.39. The van der Waals surface area contributed by atoms with Crippen molar-refractivity contribution in [2.75, 3.05) is 11.4 Å². The van der Waals surface area contributed by atoms with E-state index in [1.165, 1.54) is 11.3 Å². The molecular weight excluding hydrogens is 260 g/mol. The van der Waals surface area contributed by atoms with E-state index in [0.717, 1.165) is 24.7 Å². The fourth-order valence-corrected chi connectivity index (χ4v) is 3.10. The minimum atomic E-state index is 0.199. The Morgan fingerprint density at radius 2 is 1.76 bits per heavy atom. The monoisotopic (exact) mass is 284 g/mol. The molecule has 21 heavy (non-hydrogen) atoms. The summed E-state index contributed by atoms with van der Waals surface area (Å²) in [6.45, 7) is 12.8. The maximum absolute atomic E-state index is 4.31. The van der Waals surface area contributed by atoms with Gasteiger partial charge in [0.25, 0.3) is 0 Å². The van der Waals surface area contributed by atoms with Crippen molar-refractivity contribution in [1.82, 2.24) is 14.8 Å². The summed E-state index contributed by atoms with van der Waals surface area (Å²) in [6.07, 6.45) is 0. The molecule has 1 aromatic carbocycles. The molecule has 4 heteroatoms. The van der Waals surface area contributed by atoms with Crippen molar-refractivity contribution in [2.45, 2.75) is 52.6 Å².